The first-order valence-corrected chi connectivity index (χ1v) is 12.0. The van der Waals surface area contributed by atoms with Crippen molar-refractivity contribution in [3.05, 3.63) is 99.7 Å². The molecular weight excluding hydrogens is 424 g/mol. The van der Waals surface area contributed by atoms with Crippen LogP contribution in [0.2, 0.25) is 0 Å². The lowest BCUT2D eigenvalue weighted by Crippen LogP contribution is -2.46. The van der Waals surface area contributed by atoms with Gasteiger partial charge >= 0.3 is 0 Å². The molecule has 0 radical (unpaired) electrons. The van der Waals surface area contributed by atoms with Crippen molar-refractivity contribution in [1.82, 2.24) is 4.90 Å². The van der Waals surface area contributed by atoms with E-state index in [1.54, 1.807) is 7.11 Å². The molecule has 1 heterocycles. The zero-order valence-electron chi connectivity index (χ0n) is 20.4. The van der Waals surface area contributed by atoms with Crippen molar-refractivity contribution in [3.63, 3.8) is 0 Å². The minimum absolute atomic E-state index is 0.0135. The van der Waals surface area contributed by atoms with Gasteiger partial charge in [0.05, 0.1) is 7.11 Å². The smallest absolute Gasteiger partial charge is 0.224 e. The summed E-state index contributed by atoms with van der Waals surface area (Å²) in [6.07, 6.45) is 0. The van der Waals surface area contributed by atoms with E-state index >= 15 is 0 Å². The standard InChI is InChI=1S/C29H34N2O3/c1-22(2)24-9-10-25(29(32)28(19-24)34-21-23-7-5-4-6-8-23)20-30-15-17-31(18-16-30)26-11-13-27(33-3)14-12-26/h4-14,19,22H,15-18,20-21H2,1-3H3. The number of rotatable bonds is 8. The van der Waals surface area contributed by atoms with Crippen LogP contribution in [0.3, 0.4) is 0 Å². The maximum Gasteiger partial charge on any atom is 0.224 e. The second-order valence-electron chi connectivity index (χ2n) is 9.09. The number of hydrogen-bond donors (Lipinski definition) is 0. The van der Waals surface area contributed by atoms with Gasteiger partial charge in [-0.2, -0.15) is 0 Å². The summed E-state index contributed by atoms with van der Waals surface area (Å²) in [6, 6.07) is 24.2. The van der Waals surface area contributed by atoms with Gasteiger partial charge in [0, 0.05) is 44.0 Å². The van der Waals surface area contributed by atoms with Gasteiger partial charge in [0.25, 0.3) is 0 Å². The molecule has 0 amide bonds. The highest BCUT2D eigenvalue weighted by atomic mass is 16.5. The van der Waals surface area contributed by atoms with Gasteiger partial charge in [0.1, 0.15) is 12.4 Å². The van der Waals surface area contributed by atoms with Crippen molar-refractivity contribution in [2.75, 3.05) is 38.2 Å². The molecule has 5 heteroatoms. The van der Waals surface area contributed by atoms with E-state index in [9.17, 15) is 4.79 Å². The molecule has 0 unspecified atom stereocenters. The van der Waals surface area contributed by atoms with E-state index in [1.165, 1.54) is 5.69 Å². The Morgan fingerprint density at radius 3 is 2.24 bits per heavy atom. The Morgan fingerprint density at radius 1 is 0.882 bits per heavy atom. The normalized spacial score (nSPS) is 14.3. The van der Waals surface area contributed by atoms with Crippen LogP contribution in [0, 0.1) is 0 Å². The highest BCUT2D eigenvalue weighted by Gasteiger charge is 2.19. The Hall–Kier alpha value is -3.31. The molecule has 34 heavy (non-hydrogen) atoms. The number of hydrogen-bond acceptors (Lipinski definition) is 5. The Morgan fingerprint density at radius 2 is 1.59 bits per heavy atom. The predicted octanol–water partition coefficient (Wildman–Crippen LogP) is 5.08. The van der Waals surface area contributed by atoms with Crippen molar-refractivity contribution < 1.29 is 9.47 Å². The predicted molar refractivity (Wildman–Crippen MR) is 138 cm³/mol. The van der Waals surface area contributed by atoms with E-state index in [0.717, 1.165) is 48.6 Å². The van der Waals surface area contributed by atoms with Crippen LogP contribution in [0.25, 0.3) is 0 Å². The van der Waals surface area contributed by atoms with Crippen LogP contribution in [0.15, 0.2) is 77.6 Å². The van der Waals surface area contributed by atoms with Crippen molar-refractivity contribution in [2.24, 2.45) is 0 Å². The quantitative estimate of drug-likeness (QED) is 0.471. The summed E-state index contributed by atoms with van der Waals surface area (Å²) in [5.41, 5.74) is 4.13. The van der Waals surface area contributed by atoms with Gasteiger partial charge in [-0.15, -0.1) is 0 Å². The molecule has 178 valence electrons. The second-order valence-corrected chi connectivity index (χ2v) is 9.09. The summed E-state index contributed by atoms with van der Waals surface area (Å²) in [4.78, 5) is 18.1. The summed E-state index contributed by atoms with van der Waals surface area (Å²) < 4.78 is 11.3. The van der Waals surface area contributed by atoms with Crippen LogP contribution in [-0.2, 0) is 13.2 Å². The van der Waals surface area contributed by atoms with Gasteiger partial charge in [0.2, 0.25) is 5.43 Å². The molecule has 0 aromatic heterocycles. The minimum Gasteiger partial charge on any atom is -0.497 e. The fourth-order valence-electron chi connectivity index (χ4n) is 4.22. The van der Waals surface area contributed by atoms with Crippen LogP contribution < -0.4 is 19.8 Å². The first-order valence-electron chi connectivity index (χ1n) is 12.0. The minimum atomic E-state index is -0.0135. The topological polar surface area (TPSA) is 42.0 Å². The van der Waals surface area contributed by atoms with Crippen LogP contribution in [0.5, 0.6) is 11.5 Å². The van der Waals surface area contributed by atoms with Crippen LogP contribution >= 0.6 is 0 Å². The third-order valence-corrected chi connectivity index (χ3v) is 6.40. The highest BCUT2D eigenvalue weighted by molar-refractivity contribution is 5.49. The van der Waals surface area contributed by atoms with E-state index < -0.39 is 0 Å². The zero-order chi connectivity index (χ0) is 23.9. The van der Waals surface area contributed by atoms with Gasteiger partial charge < -0.3 is 14.4 Å². The van der Waals surface area contributed by atoms with E-state index in [4.69, 9.17) is 9.47 Å². The van der Waals surface area contributed by atoms with Gasteiger partial charge in [0.15, 0.2) is 5.75 Å². The molecule has 0 saturated carbocycles. The zero-order valence-corrected chi connectivity index (χ0v) is 20.4. The maximum absolute atomic E-state index is 13.4. The SMILES string of the molecule is COc1ccc(N2CCN(Cc3ccc(C(C)C)cc(OCc4ccccc4)c3=O)CC2)cc1. The van der Waals surface area contributed by atoms with Crippen molar-refractivity contribution in [1.29, 1.82) is 0 Å². The van der Waals surface area contributed by atoms with Crippen LogP contribution in [0.1, 0.15) is 36.5 Å². The van der Waals surface area contributed by atoms with E-state index in [0.29, 0.717) is 24.8 Å². The third-order valence-electron chi connectivity index (χ3n) is 6.40. The molecule has 3 aromatic carbocycles. The Labute approximate surface area is 202 Å². The van der Waals surface area contributed by atoms with E-state index in [2.05, 4.69) is 41.8 Å². The van der Waals surface area contributed by atoms with Gasteiger partial charge in [-0.3, -0.25) is 9.69 Å². The lowest BCUT2D eigenvalue weighted by molar-refractivity contribution is 0.248. The molecule has 0 bridgehead atoms. The molecule has 0 aliphatic carbocycles. The molecule has 4 rings (SSSR count). The largest absolute Gasteiger partial charge is 0.497 e. The Balaban J connectivity index is 1.46. The highest BCUT2D eigenvalue weighted by Crippen LogP contribution is 2.22. The number of benzene rings is 2. The van der Waals surface area contributed by atoms with Crippen LogP contribution in [-0.4, -0.2) is 38.2 Å². The Bertz CT molecular complexity index is 1120. The van der Waals surface area contributed by atoms with Gasteiger partial charge in [-0.05, 0) is 47.4 Å². The lowest BCUT2D eigenvalue weighted by Gasteiger charge is -2.36. The lowest BCUT2D eigenvalue weighted by atomic mass is 10.1. The molecule has 1 saturated heterocycles. The molecule has 0 atom stereocenters. The van der Waals surface area contributed by atoms with Crippen molar-refractivity contribution in [3.8, 4) is 11.5 Å². The molecule has 0 spiro atoms. The van der Waals surface area contributed by atoms with Gasteiger partial charge in [-0.25, -0.2) is 0 Å². The molecule has 1 aliphatic rings. The summed E-state index contributed by atoms with van der Waals surface area (Å²) >= 11 is 0. The summed E-state index contributed by atoms with van der Waals surface area (Å²) in [5, 5.41) is 0. The summed E-state index contributed by atoms with van der Waals surface area (Å²) in [5.74, 6) is 1.62. The van der Waals surface area contributed by atoms with Crippen molar-refractivity contribution >= 4 is 5.69 Å². The second kappa shape index (κ2) is 11.2. The van der Waals surface area contributed by atoms with Crippen molar-refractivity contribution in [2.45, 2.75) is 32.9 Å². The fraction of sp³-hybridized carbons (Fsp3) is 0.345. The summed E-state index contributed by atoms with van der Waals surface area (Å²) in [6.45, 7) is 8.95. The number of ether oxygens (including phenoxy) is 2. The molecule has 0 N–H and O–H groups in total. The average Bonchev–Trinajstić information content (AvgIpc) is 3.03. The fourth-order valence-corrected chi connectivity index (χ4v) is 4.22. The maximum atomic E-state index is 13.4. The first kappa shape index (κ1) is 23.8. The molecule has 1 fully saturated rings. The van der Waals surface area contributed by atoms with E-state index in [-0.39, 0.29) is 5.43 Å². The average molecular weight is 459 g/mol. The molecule has 1 aliphatic heterocycles. The monoisotopic (exact) mass is 458 g/mol. The summed E-state index contributed by atoms with van der Waals surface area (Å²) in [7, 11) is 1.68. The molecule has 5 nitrogen and oxygen atoms in total. The first-order chi connectivity index (χ1) is 16.5. The molecular formula is C29H34N2O3. The number of anilines is 1. The number of piperazine rings is 1. The van der Waals surface area contributed by atoms with E-state index in [1.807, 2.05) is 54.6 Å². The number of nitrogens with zero attached hydrogens (tertiary/aromatic N) is 2. The van der Waals surface area contributed by atoms with Crippen LogP contribution in [0.4, 0.5) is 5.69 Å². The third kappa shape index (κ3) is 5.97. The Kier molecular flexibility index (Phi) is 7.86. The number of methoxy groups -OCH3 is 1. The molecule has 3 aromatic rings. The van der Waals surface area contributed by atoms with Gasteiger partial charge in [-0.1, -0.05) is 56.3 Å².